The summed E-state index contributed by atoms with van der Waals surface area (Å²) in [4.78, 5) is 13.9. The molecule has 0 bridgehead atoms. The summed E-state index contributed by atoms with van der Waals surface area (Å²) in [6.45, 7) is 0.773. The van der Waals surface area contributed by atoms with E-state index >= 15 is 0 Å². The fourth-order valence-corrected chi connectivity index (χ4v) is 4.59. The SMILES string of the molecule is N#C/C(=C/c1cn(CCSc2ccc(Cl)cc2)c2ccccc12)C(=O)Nc1ccccc1Cl. The molecule has 33 heavy (non-hydrogen) atoms. The number of hydrogen-bond acceptors (Lipinski definition) is 3. The second-order valence-corrected chi connectivity index (χ2v) is 9.21. The van der Waals surface area contributed by atoms with Crippen LogP contribution in [0.4, 0.5) is 5.69 Å². The van der Waals surface area contributed by atoms with Crippen molar-refractivity contribution in [3.63, 3.8) is 0 Å². The van der Waals surface area contributed by atoms with Crippen LogP contribution >= 0.6 is 35.0 Å². The van der Waals surface area contributed by atoms with Crippen LogP contribution < -0.4 is 5.32 Å². The summed E-state index contributed by atoms with van der Waals surface area (Å²) >= 11 is 13.8. The number of carbonyl (C=O) groups is 1. The molecule has 1 aromatic heterocycles. The van der Waals surface area contributed by atoms with Crippen LogP contribution in [0, 0.1) is 11.3 Å². The van der Waals surface area contributed by atoms with Gasteiger partial charge in [0.25, 0.3) is 5.91 Å². The molecule has 164 valence electrons. The lowest BCUT2D eigenvalue weighted by atomic mass is 10.1. The van der Waals surface area contributed by atoms with Crippen LogP contribution in [0.1, 0.15) is 5.56 Å². The van der Waals surface area contributed by atoms with Crippen molar-refractivity contribution >= 4 is 63.5 Å². The number of carbonyl (C=O) groups excluding carboxylic acids is 1. The minimum atomic E-state index is -0.499. The van der Waals surface area contributed by atoms with Gasteiger partial charge in [0, 0.05) is 44.9 Å². The van der Waals surface area contributed by atoms with Crippen LogP contribution in [-0.4, -0.2) is 16.2 Å². The Hall–Kier alpha value is -3.17. The number of halogens is 2. The molecule has 0 saturated carbocycles. The van der Waals surface area contributed by atoms with Crippen molar-refractivity contribution in [2.45, 2.75) is 11.4 Å². The lowest BCUT2D eigenvalue weighted by Gasteiger charge is -2.06. The van der Waals surface area contributed by atoms with Crippen LogP contribution in [0.25, 0.3) is 17.0 Å². The van der Waals surface area contributed by atoms with Gasteiger partial charge in [-0.2, -0.15) is 5.26 Å². The first-order valence-electron chi connectivity index (χ1n) is 10.2. The summed E-state index contributed by atoms with van der Waals surface area (Å²) in [5.74, 6) is 0.363. The maximum absolute atomic E-state index is 12.7. The molecule has 3 aromatic carbocycles. The van der Waals surface area contributed by atoms with Gasteiger partial charge < -0.3 is 9.88 Å². The molecular weight excluding hydrogens is 473 g/mol. The Kier molecular flexibility index (Phi) is 7.41. The van der Waals surface area contributed by atoms with Crippen molar-refractivity contribution in [1.29, 1.82) is 5.26 Å². The molecule has 0 saturated heterocycles. The molecule has 0 atom stereocenters. The topological polar surface area (TPSA) is 57.8 Å². The molecule has 0 fully saturated rings. The minimum Gasteiger partial charge on any atom is -0.346 e. The molecule has 7 heteroatoms. The van der Waals surface area contributed by atoms with Gasteiger partial charge >= 0.3 is 0 Å². The number of benzene rings is 3. The molecule has 1 N–H and O–H groups in total. The number of fused-ring (bicyclic) bond motifs is 1. The number of para-hydroxylation sites is 2. The second-order valence-electron chi connectivity index (χ2n) is 7.20. The van der Waals surface area contributed by atoms with Crippen LogP contribution in [-0.2, 0) is 11.3 Å². The van der Waals surface area contributed by atoms with Gasteiger partial charge in [-0.05, 0) is 48.5 Å². The van der Waals surface area contributed by atoms with E-state index in [0.29, 0.717) is 10.7 Å². The van der Waals surface area contributed by atoms with E-state index in [1.54, 1.807) is 42.1 Å². The van der Waals surface area contributed by atoms with Crippen LogP contribution in [0.15, 0.2) is 89.5 Å². The van der Waals surface area contributed by atoms with E-state index in [9.17, 15) is 10.1 Å². The van der Waals surface area contributed by atoms with Gasteiger partial charge in [-0.15, -0.1) is 11.8 Å². The maximum Gasteiger partial charge on any atom is 0.266 e. The average molecular weight is 492 g/mol. The van der Waals surface area contributed by atoms with Gasteiger partial charge in [-0.1, -0.05) is 53.5 Å². The average Bonchev–Trinajstić information content (AvgIpc) is 3.17. The number of thioether (sulfide) groups is 1. The largest absolute Gasteiger partial charge is 0.346 e. The van der Waals surface area contributed by atoms with Crippen molar-refractivity contribution in [3.8, 4) is 6.07 Å². The number of nitrogens with zero attached hydrogens (tertiary/aromatic N) is 2. The maximum atomic E-state index is 12.7. The van der Waals surface area contributed by atoms with E-state index in [-0.39, 0.29) is 5.57 Å². The number of nitriles is 1. The Morgan fingerprint density at radius 2 is 1.76 bits per heavy atom. The molecule has 4 aromatic rings. The third-order valence-electron chi connectivity index (χ3n) is 5.02. The highest BCUT2D eigenvalue weighted by Crippen LogP contribution is 2.26. The Labute approximate surface area is 206 Å². The first-order chi connectivity index (χ1) is 16.0. The van der Waals surface area contributed by atoms with E-state index in [2.05, 4.69) is 9.88 Å². The third kappa shape index (κ3) is 5.61. The lowest BCUT2D eigenvalue weighted by molar-refractivity contribution is -0.112. The summed E-state index contributed by atoms with van der Waals surface area (Å²) in [6, 6.07) is 24.7. The fourth-order valence-electron chi connectivity index (χ4n) is 3.42. The van der Waals surface area contributed by atoms with Crippen LogP contribution in [0.5, 0.6) is 0 Å². The highest BCUT2D eigenvalue weighted by molar-refractivity contribution is 7.99. The van der Waals surface area contributed by atoms with E-state index in [1.165, 1.54) is 0 Å². The second kappa shape index (κ2) is 10.6. The number of amides is 1. The molecule has 0 radical (unpaired) electrons. The lowest BCUT2D eigenvalue weighted by Crippen LogP contribution is -2.13. The molecule has 0 aliphatic rings. The Bertz CT molecular complexity index is 1370. The number of hydrogen-bond donors (Lipinski definition) is 1. The van der Waals surface area contributed by atoms with E-state index in [1.807, 2.05) is 60.8 Å². The van der Waals surface area contributed by atoms with Gasteiger partial charge in [0.2, 0.25) is 0 Å². The number of aryl methyl sites for hydroxylation is 1. The summed E-state index contributed by atoms with van der Waals surface area (Å²) in [6.07, 6.45) is 3.60. The first-order valence-corrected chi connectivity index (χ1v) is 11.9. The zero-order valence-corrected chi connectivity index (χ0v) is 19.8. The molecule has 1 heterocycles. The van der Waals surface area contributed by atoms with Crippen LogP contribution in [0.2, 0.25) is 10.0 Å². The minimum absolute atomic E-state index is 0.00774. The van der Waals surface area contributed by atoms with Gasteiger partial charge in [-0.25, -0.2) is 0 Å². The summed E-state index contributed by atoms with van der Waals surface area (Å²) in [5, 5.41) is 14.5. The quantitative estimate of drug-likeness (QED) is 0.168. The Balaban J connectivity index is 1.56. The van der Waals surface area contributed by atoms with Crippen LogP contribution in [0.3, 0.4) is 0 Å². The normalized spacial score (nSPS) is 11.4. The van der Waals surface area contributed by atoms with E-state index < -0.39 is 5.91 Å². The van der Waals surface area contributed by atoms with Crippen molar-refractivity contribution in [1.82, 2.24) is 4.57 Å². The number of rotatable bonds is 7. The zero-order chi connectivity index (χ0) is 23.2. The van der Waals surface area contributed by atoms with Crippen molar-refractivity contribution < 1.29 is 4.79 Å². The fraction of sp³-hybridized carbons (Fsp3) is 0.0769. The highest BCUT2D eigenvalue weighted by Gasteiger charge is 2.14. The molecule has 0 aliphatic heterocycles. The molecule has 0 spiro atoms. The van der Waals surface area contributed by atoms with Gasteiger partial charge in [-0.3, -0.25) is 4.79 Å². The molecule has 4 rings (SSSR count). The van der Waals surface area contributed by atoms with Crippen molar-refractivity contribution in [3.05, 3.63) is 100 Å². The number of nitrogens with one attached hydrogen (secondary N) is 1. The Morgan fingerprint density at radius 3 is 2.52 bits per heavy atom. The van der Waals surface area contributed by atoms with Crippen molar-refractivity contribution in [2.75, 3.05) is 11.1 Å². The predicted molar refractivity (Wildman–Crippen MR) is 138 cm³/mol. The van der Waals surface area contributed by atoms with Crippen molar-refractivity contribution in [2.24, 2.45) is 0 Å². The number of anilines is 1. The monoisotopic (exact) mass is 491 g/mol. The van der Waals surface area contributed by atoms with Gasteiger partial charge in [0.05, 0.1) is 10.7 Å². The standard InChI is InChI=1S/C26H19Cl2N3OS/c27-20-9-11-21(12-10-20)33-14-13-31-17-19(22-5-1-4-8-25(22)31)15-18(16-29)26(32)30-24-7-3-2-6-23(24)28/h1-12,15,17H,13-14H2,(H,30,32)/b18-15-. The highest BCUT2D eigenvalue weighted by atomic mass is 35.5. The summed E-state index contributed by atoms with van der Waals surface area (Å²) in [5.41, 5.74) is 2.33. The molecular formula is C26H19Cl2N3OS. The zero-order valence-electron chi connectivity index (χ0n) is 17.5. The van der Waals surface area contributed by atoms with E-state index in [4.69, 9.17) is 23.2 Å². The predicted octanol–water partition coefficient (Wildman–Crippen LogP) is 7.29. The third-order valence-corrected chi connectivity index (χ3v) is 6.59. The molecule has 0 aliphatic carbocycles. The first kappa shape index (κ1) is 23.0. The molecule has 0 unspecified atom stereocenters. The Morgan fingerprint density at radius 1 is 1.03 bits per heavy atom. The van der Waals surface area contributed by atoms with E-state index in [0.717, 1.165) is 38.7 Å². The molecule has 1 amide bonds. The summed E-state index contributed by atoms with van der Waals surface area (Å²) in [7, 11) is 0. The van der Waals surface area contributed by atoms with Gasteiger partial charge in [0.1, 0.15) is 11.6 Å². The number of aromatic nitrogens is 1. The molecule has 4 nitrogen and oxygen atoms in total. The summed E-state index contributed by atoms with van der Waals surface area (Å²) < 4.78 is 2.14. The smallest absolute Gasteiger partial charge is 0.266 e. The van der Waals surface area contributed by atoms with Gasteiger partial charge in [0.15, 0.2) is 0 Å².